The van der Waals surface area contributed by atoms with Gasteiger partial charge in [0.15, 0.2) is 0 Å². The van der Waals surface area contributed by atoms with Gasteiger partial charge < -0.3 is 9.47 Å². The molecule has 0 saturated heterocycles. The second-order valence-corrected chi connectivity index (χ2v) is 6.82. The Morgan fingerprint density at radius 2 is 2.15 bits per heavy atom. The first-order chi connectivity index (χ1) is 12.5. The Hall–Kier alpha value is -2.87. The van der Waals surface area contributed by atoms with Crippen molar-refractivity contribution < 1.29 is 14.3 Å². The molecule has 0 aliphatic carbocycles. The number of esters is 1. The van der Waals surface area contributed by atoms with Crippen LogP contribution in [-0.2, 0) is 21.4 Å². The maximum absolute atomic E-state index is 11.6. The molecule has 1 aromatic heterocycles. The number of fused-ring (bicyclic) bond motifs is 1. The van der Waals surface area contributed by atoms with E-state index in [0.29, 0.717) is 18.0 Å². The van der Waals surface area contributed by atoms with Gasteiger partial charge in [0, 0.05) is 17.3 Å². The number of aromatic nitrogens is 2. The molecule has 0 bridgehead atoms. The Morgan fingerprint density at radius 3 is 2.96 bits per heavy atom. The van der Waals surface area contributed by atoms with Crippen LogP contribution in [0.15, 0.2) is 30.6 Å². The zero-order valence-corrected chi connectivity index (χ0v) is 15.3. The molecule has 0 saturated carbocycles. The lowest BCUT2D eigenvalue weighted by molar-refractivity contribution is -0.142. The number of carbonyl (C=O) groups is 1. The fraction of sp³-hybridized carbons (Fsp3) is 0.381. The molecule has 0 N–H and O–H groups in total. The summed E-state index contributed by atoms with van der Waals surface area (Å²) in [6, 6.07) is 6.00. The van der Waals surface area contributed by atoms with Gasteiger partial charge in [-0.3, -0.25) is 9.78 Å². The van der Waals surface area contributed by atoms with Crippen molar-refractivity contribution in [1.82, 2.24) is 9.97 Å². The molecule has 0 fully saturated rings. The van der Waals surface area contributed by atoms with Gasteiger partial charge in [-0.2, -0.15) is 0 Å². The van der Waals surface area contributed by atoms with E-state index in [9.17, 15) is 4.79 Å². The Bertz CT molecular complexity index is 878. The summed E-state index contributed by atoms with van der Waals surface area (Å²) in [5.74, 6) is 6.77. The summed E-state index contributed by atoms with van der Waals surface area (Å²) >= 11 is 0. The summed E-state index contributed by atoms with van der Waals surface area (Å²) in [7, 11) is 0. The van der Waals surface area contributed by atoms with Gasteiger partial charge >= 0.3 is 5.97 Å². The van der Waals surface area contributed by atoms with E-state index in [4.69, 9.17) is 9.47 Å². The minimum Gasteiger partial charge on any atom is -0.493 e. The summed E-state index contributed by atoms with van der Waals surface area (Å²) in [5, 5.41) is 0. The van der Waals surface area contributed by atoms with Crippen LogP contribution in [-0.4, -0.2) is 29.2 Å². The van der Waals surface area contributed by atoms with Gasteiger partial charge in [-0.05, 0) is 42.9 Å². The smallest absolute Gasteiger partial charge is 0.311 e. The fourth-order valence-electron chi connectivity index (χ4n) is 2.86. The van der Waals surface area contributed by atoms with Gasteiger partial charge in [-0.25, -0.2) is 4.98 Å². The molecule has 1 aliphatic rings. The van der Waals surface area contributed by atoms with Crippen LogP contribution in [0.4, 0.5) is 0 Å². The largest absolute Gasteiger partial charge is 0.493 e. The van der Waals surface area contributed by atoms with Crippen LogP contribution in [0.25, 0.3) is 0 Å². The SMILES string of the molecule is CCOC(=O)Cc1cncc(C#Cc2ccc3c(c2)C(C)(C)CCO3)n1. The maximum Gasteiger partial charge on any atom is 0.311 e. The topological polar surface area (TPSA) is 61.3 Å². The van der Waals surface area contributed by atoms with E-state index in [-0.39, 0.29) is 17.8 Å². The van der Waals surface area contributed by atoms with Crippen molar-refractivity contribution >= 4 is 5.97 Å². The average Bonchev–Trinajstić information content (AvgIpc) is 2.60. The Labute approximate surface area is 153 Å². The number of nitrogens with zero attached hydrogens (tertiary/aromatic N) is 2. The van der Waals surface area contributed by atoms with Crippen molar-refractivity contribution in [2.24, 2.45) is 0 Å². The van der Waals surface area contributed by atoms with Gasteiger partial charge in [0.1, 0.15) is 11.4 Å². The normalized spacial score (nSPS) is 14.4. The number of hydrogen-bond donors (Lipinski definition) is 0. The first-order valence-corrected chi connectivity index (χ1v) is 8.74. The van der Waals surface area contributed by atoms with Gasteiger partial charge in [0.05, 0.1) is 31.5 Å². The van der Waals surface area contributed by atoms with E-state index < -0.39 is 0 Å². The predicted octanol–water partition coefficient (Wildman–Crippen LogP) is 3.04. The lowest BCUT2D eigenvalue weighted by Crippen LogP contribution is -2.26. The second kappa shape index (κ2) is 7.57. The molecule has 134 valence electrons. The molecule has 0 spiro atoms. The molecule has 2 aromatic rings. The van der Waals surface area contributed by atoms with Crippen LogP contribution in [0.3, 0.4) is 0 Å². The Kier molecular flexibility index (Phi) is 5.22. The van der Waals surface area contributed by atoms with E-state index in [1.54, 1.807) is 19.3 Å². The molecule has 26 heavy (non-hydrogen) atoms. The molecule has 0 radical (unpaired) electrons. The monoisotopic (exact) mass is 350 g/mol. The Morgan fingerprint density at radius 1 is 1.31 bits per heavy atom. The van der Waals surface area contributed by atoms with E-state index in [1.807, 2.05) is 12.1 Å². The molecule has 1 aliphatic heterocycles. The van der Waals surface area contributed by atoms with Crippen molar-refractivity contribution in [2.75, 3.05) is 13.2 Å². The highest BCUT2D eigenvalue weighted by Crippen LogP contribution is 2.38. The number of hydrogen-bond acceptors (Lipinski definition) is 5. The van der Waals surface area contributed by atoms with Crippen LogP contribution in [0.2, 0.25) is 0 Å². The third-order valence-electron chi connectivity index (χ3n) is 4.34. The quantitative estimate of drug-likeness (QED) is 0.629. The Balaban J connectivity index is 1.81. The highest BCUT2D eigenvalue weighted by molar-refractivity contribution is 5.71. The van der Waals surface area contributed by atoms with Crippen molar-refractivity contribution in [3.8, 4) is 17.6 Å². The first kappa shape index (κ1) is 17.9. The summed E-state index contributed by atoms with van der Waals surface area (Å²) < 4.78 is 10.7. The van der Waals surface area contributed by atoms with Gasteiger partial charge in [0.2, 0.25) is 0 Å². The van der Waals surface area contributed by atoms with Crippen molar-refractivity contribution in [2.45, 2.75) is 39.0 Å². The molecule has 2 heterocycles. The molecular weight excluding hydrogens is 328 g/mol. The lowest BCUT2D eigenvalue weighted by atomic mass is 9.79. The molecule has 0 atom stereocenters. The highest BCUT2D eigenvalue weighted by atomic mass is 16.5. The number of rotatable bonds is 3. The fourth-order valence-corrected chi connectivity index (χ4v) is 2.86. The molecule has 3 rings (SSSR count). The van der Waals surface area contributed by atoms with Crippen LogP contribution in [0.5, 0.6) is 5.75 Å². The minimum atomic E-state index is -0.316. The zero-order valence-electron chi connectivity index (χ0n) is 15.3. The predicted molar refractivity (Wildman–Crippen MR) is 97.9 cm³/mol. The van der Waals surface area contributed by atoms with Gasteiger partial charge in [-0.15, -0.1) is 0 Å². The number of ether oxygens (including phenoxy) is 2. The summed E-state index contributed by atoms with van der Waals surface area (Å²) in [6.45, 7) is 7.31. The molecule has 1 aromatic carbocycles. The standard InChI is InChI=1S/C21H22N2O3/c1-4-25-20(24)12-17-14-22-13-16(23-17)7-5-15-6-8-19-18(11-15)21(2,3)9-10-26-19/h6,8,11,13-14H,4,9-10,12H2,1-3H3. The van der Waals surface area contributed by atoms with E-state index in [1.165, 1.54) is 5.56 Å². The minimum absolute atomic E-state index is 0.0740. The van der Waals surface area contributed by atoms with Crippen molar-refractivity contribution in [3.63, 3.8) is 0 Å². The van der Waals surface area contributed by atoms with E-state index >= 15 is 0 Å². The lowest BCUT2D eigenvalue weighted by Gasteiger charge is -2.32. The number of carbonyl (C=O) groups excluding carboxylic acids is 1. The second-order valence-electron chi connectivity index (χ2n) is 6.82. The summed E-state index contributed by atoms with van der Waals surface area (Å²) in [6.07, 6.45) is 4.23. The summed E-state index contributed by atoms with van der Waals surface area (Å²) in [4.78, 5) is 20.0. The van der Waals surface area contributed by atoms with E-state index in [2.05, 4.69) is 41.7 Å². The summed E-state index contributed by atoms with van der Waals surface area (Å²) in [5.41, 5.74) is 3.23. The van der Waals surface area contributed by atoms with Crippen LogP contribution < -0.4 is 4.74 Å². The molecule has 5 heteroatoms. The van der Waals surface area contributed by atoms with Gasteiger partial charge in [-0.1, -0.05) is 19.8 Å². The average molecular weight is 350 g/mol. The highest BCUT2D eigenvalue weighted by Gasteiger charge is 2.28. The van der Waals surface area contributed by atoms with Crippen LogP contribution in [0.1, 0.15) is 49.7 Å². The maximum atomic E-state index is 11.6. The van der Waals surface area contributed by atoms with Gasteiger partial charge in [0.25, 0.3) is 0 Å². The van der Waals surface area contributed by atoms with E-state index in [0.717, 1.165) is 24.3 Å². The van der Waals surface area contributed by atoms with Crippen molar-refractivity contribution in [3.05, 3.63) is 53.1 Å². The molecular formula is C21H22N2O3. The molecule has 5 nitrogen and oxygen atoms in total. The molecule has 0 unspecified atom stereocenters. The van der Waals surface area contributed by atoms with Crippen molar-refractivity contribution in [1.29, 1.82) is 0 Å². The van der Waals surface area contributed by atoms with Crippen LogP contribution >= 0.6 is 0 Å². The zero-order chi connectivity index (χ0) is 18.6. The molecule has 0 amide bonds. The van der Waals surface area contributed by atoms with Crippen LogP contribution in [0, 0.1) is 11.8 Å². The number of benzene rings is 1. The third kappa shape index (κ3) is 4.20. The first-order valence-electron chi connectivity index (χ1n) is 8.74. The third-order valence-corrected chi connectivity index (χ3v) is 4.34.